The van der Waals surface area contributed by atoms with E-state index in [9.17, 15) is 18.0 Å². The summed E-state index contributed by atoms with van der Waals surface area (Å²) in [5, 5.41) is 3.65. The minimum Gasteiger partial charge on any atom is -0.352 e. The van der Waals surface area contributed by atoms with E-state index in [1.165, 1.54) is 17.0 Å². The largest absolute Gasteiger partial charge is 0.352 e. The second kappa shape index (κ2) is 15.0. The van der Waals surface area contributed by atoms with Gasteiger partial charge in [-0.05, 0) is 67.6 Å². The van der Waals surface area contributed by atoms with Gasteiger partial charge in [-0.15, -0.1) is 0 Å². The number of amides is 2. The summed E-state index contributed by atoms with van der Waals surface area (Å²) >= 11 is 6.60. The number of rotatable bonds is 12. The Kier molecular flexibility index (Phi) is 10.8. The molecule has 46 heavy (non-hydrogen) atoms. The highest BCUT2D eigenvalue weighted by Crippen LogP contribution is 2.29. The van der Waals surface area contributed by atoms with Crippen LogP contribution in [0, 0.1) is 13.8 Å². The summed E-state index contributed by atoms with van der Waals surface area (Å²) < 4.78 is 29.6. The maximum atomic E-state index is 14.7. The van der Waals surface area contributed by atoms with Gasteiger partial charge in [-0.1, -0.05) is 109 Å². The molecule has 0 bridgehead atoms. The van der Waals surface area contributed by atoms with Crippen molar-refractivity contribution in [2.45, 2.75) is 69.5 Å². The van der Waals surface area contributed by atoms with Crippen LogP contribution in [0.2, 0.25) is 5.02 Å². The summed E-state index contributed by atoms with van der Waals surface area (Å²) in [6, 6.07) is 29.4. The van der Waals surface area contributed by atoms with Gasteiger partial charge in [0.25, 0.3) is 10.0 Å². The van der Waals surface area contributed by atoms with Crippen molar-refractivity contribution in [2.24, 2.45) is 0 Å². The van der Waals surface area contributed by atoms with Gasteiger partial charge in [0.2, 0.25) is 11.8 Å². The van der Waals surface area contributed by atoms with Gasteiger partial charge in [0.05, 0.1) is 10.6 Å². The zero-order chi connectivity index (χ0) is 32.7. The topological polar surface area (TPSA) is 86.8 Å². The number of carbonyl (C=O) groups excluding carboxylic acids is 2. The SMILES string of the molecule is Cc1ccc(N(CC(=O)N(Cc2ccccc2Cl)C(Cc2ccccc2)C(=O)NC2CCCC2)S(=O)(=O)c2ccccc2)c(C)c1. The number of sulfonamides is 1. The van der Waals surface area contributed by atoms with Crippen LogP contribution in [-0.4, -0.2) is 43.8 Å². The lowest BCUT2D eigenvalue weighted by molar-refractivity contribution is -0.140. The maximum Gasteiger partial charge on any atom is 0.264 e. The van der Waals surface area contributed by atoms with E-state index in [0.717, 1.165) is 41.1 Å². The van der Waals surface area contributed by atoms with Crippen molar-refractivity contribution < 1.29 is 18.0 Å². The van der Waals surface area contributed by atoms with Crippen molar-refractivity contribution >= 4 is 39.1 Å². The molecule has 240 valence electrons. The molecule has 1 N–H and O–H groups in total. The zero-order valence-electron chi connectivity index (χ0n) is 26.2. The molecule has 1 atom stereocenters. The van der Waals surface area contributed by atoms with Gasteiger partial charge in [-0.3, -0.25) is 13.9 Å². The van der Waals surface area contributed by atoms with Gasteiger partial charge < -0.3 is 10.2 Å². The van der Waals surface area contributed by atoms with Gasteiger partial charge in [0.1, 0.15) is 12.6 Å². The normalized spacial score (nSPS) is 14.1. The van der Waals surface area contributed by atoms with Crippen LogP contribution >= 0.6 is 11.6 Å². The van der Waals surface area contributed by atoms with Crippen LogP contribution in [0.25, 0.3) is 0 Å². The lowest BCUT2D eigenvalue weighted by Crippen LogP contribution is -2.54. The highest BCUT2D eigenvalue weighted by molar-refractivity contribution is 7.92. The third-order valence-electron chi connectivity index (χ3n) is 8.50. The molecule has 0 aliphatic heterocycles. The summed E-state index contributed by atoms with van der Waals surface area (Å²) in [5.41, 5.74) is 3.62. The summed E-state index contributed by atoms with van der Waals surface area (Å²) in [6.45, 7) is 3.28. The predicted molar refractivity (Wildman–Crippen MR) is 183 cm³/mol. The first-order chi connectivity index (χ1) is 22.1. The number of hydrogen-bond donors (Lipinski definition) is 1. The molecular weight excluding hydrogens is 618 g/mol. The monoisotopic (exact) mass is 657 g/mol. The van der Waals surface area contributed by atoms with Gasteiger partial charge in [-0.25, -0.2) is 8.42 Å². The van der Waals surface area contributed by atoms with E-state index in [1.54, 1.807) is 36.4 Å². The number of hydrogen-bond acceptors (Lipinski definition) is 4. The molecule has 1 unspecified atom stereocenters. The van der Waals surface area contributed by atoms with E-state index in [0.29, 0.717) is 21.8 Å². The number of aryl methyl sites for hydroxylation is 2. The molecule has 0 spiro atoms. The van der Waals surface area contributed by atoms with Gasteiger partial charge in [0, 0.05) is 24.0 Å². The van der Waals surface area contributed by atoms with Crippen LogP contribution in [0.4, 0.5) is 5.69 Å². The number of nitrogens with zero attached hydrogens (tertiary/aromatic N) is 2. The van der Waals surface area contributed by atoms with E-state index in [1.807, 2.05) is 68.4 Å². The fourth-order valence-electron chi connectivity index (χ4n) is 6.05. The smallest absolute Gasteiger partial charge is 0.264 e. The van der Waals surface area contributed by atoms with E-state index in [2.05, 4.69) is 5.32 Å². The zero-order valence-corrected chi connectivity index (χ0v) is 27.8. The quantitative estimate of drug-likeness (QED) is 0.181. The first kappa shape index (κ1) is 33.2. The van der Waals surface area contributed by atoms with Crippen LogP contribution in [-0.2, 0) is 32.6 Å². The average Bonchev–Trinajstić information content (AvgIpc) is 3.56. The molecule has 0 saturated heterocycles. The Morgan fingerprint density at radius 2 is 1.50 bits per heavy atom. The third-order valence-corrected chi connectivity index (χ3v) is 10.6. The fourth-order valence-corrected chi connectivity index (χ4v) is 7.75. The van der Waals surface area contributed by atoms with Crippen LogP contribution in [0.1, 0.15) is 47.9 Å². The molecule has 1 aliphatic carbocycles. The molecule has 4 aromatic rings. The van der Waals surface area contributed by atoms with Crippen molar-refractivity contribution in [3.8, 4) is 0 Å². The molecule has 1 fully saturated rings. The number of carbonyl (C=O) groups is 2. The number of nitrogens with one attached hydrogen (secondary N) is 1. The van der Waals surface area contributed by atoms with E-state index < -0.39 is 28.5 Å². The van der Waals surface area contributed by atoms with Crippen molar-refractivity contribution in [1.82, 2.24) is 10.2 Å². The summed E-state index contributed by atoms with van der Waals surface area (Å²) in [4.78, 5) is 30.4. The summed E-state index contributed by atoms with van der Waals surface area (Å²) in [7, 11) is -4.16. The molecule has 4 aromatic carbocycles. The van der Waals surface area contributed by atoms with Crippen molar-refractivity contribution in [3.63, 3.8) is 0 Å². The highest BCUT2D eigenvalue weighted by atomic mass is 35.5. The first-order valence-electron chi connectivity index (χ1n) is 15.7. The molecule has 1 saturated carbocycles. The second-order valence-corrected chi connectivity index (χ2v) is 14.2. The molecule has 1 aliphatic rings. The van der Waals surface area contributed by atoms with E-state index in [4.69, 9.17) is 11.6 Å². The van der Waals surface area contributed by atoms with Crippen LogP contribution in [0.3, 0.4) is 0 Å². The number of anilines is 1. The van der Waals surface area contributed by atoms with Crippen molar-refractivity contribution in [1.29, 1.82) is 0 Å². The van der Waals surface area contributed by atoms with Gasteiger partial charge in [0.15, 0.2) is 0 Å². The Balaban J connectivity index is 1.59. The van der Waals surface area contributed by atoms with Crippen molar-refractivity contribution in [3.05, 3.63) is 130 Å². The van der Waals surface area contributed by atoms with Crippen molar-refractivity contribution in [2.75, 3.05) is 10.8 Å². The Hall–Kier alpha value is -4.14. The predicted octanol–water partition coefficient (Wildman–Crippen LogP) is 6.85. The lowest BCUT2D eigenvalue weighted by atomic mass is 10.0. The Morgan fingerprint density at radius 1 is 0.870 bits per heavy atom. The molecule has 0 heterocycles. The maximum absolute atomic E-state index is 14.7. The Labute approximate surface area is 277 Å². The molecule has 0 aromatic heterocycles. The second-order valence-electron chi connectivity index (χ2n) is 11.9. The Morgan fingerprint density at radius 3 is 2.15 bits per heavy atom. The van der Waals surface area contributed by atoms with Crippen LogP contribution < -0.4 is 9.62 Å². The van der Waals surface area contributed by atoms with Gasteiger partial charge in [-0.2, -0.15) is 0 Å². The van der Waals surface area contributed by atoms with Crippen LogP contribution in [0.5, 0.6) is 0 Å². The average molecular weight is 658 g/mol. The molecule has 5 rings (SSSR count). The molecule has 0 radical (unpaired) electrons. The molecule has 2 amide bonds. The first-order valence-corrected chi connectivity index (χ1v) is 17.5. The number of halogens is 1. The summed E-state index contributed by atoms with van der Waals surface area (Å²) in [6.07, 6.45) is 4.11. The molecular formula is C37H40ClN3O4S. The minimum absolute atomic E-state index is 0.0280. The third kappa shape index (κ3) is 7.98. The number of benzene rings is 4. The van der Waals surface area contributed by atoms with E-state index >= 15 is 0 Å². The van der Waals surface area contributed by atoms with E-state index in [-0.39, 0.29) is 29.8 Å². The van der Waals surface area contributed by atoms with Gasteiger partial charge >= 0.3 is 0 Å². The van der Waals surface area contributed by atoms with Crippen LogP contribution in [0.15, 0.2) is 108 Å². The highest BCUT2D eigenvalue weighted by Gasteiger charge is 2.36. The minimum atomic E-state index is -4.16. The molecule has 9 heteroatoms. The standard InChI is InChI=1S/C37H40ClN3O4S/c1-27-21-22-34(28(2)23-27)41(46(44,45)32-18-7-4-8-19-32)26-36(42)40(25-30-15-9-12-20-33(30)38)35(24-29-13-5-3-6-14-29)37(43)39-31-16-10-11-17-31/h3-9,12-15,18-23,31,35H,10-11,16-17,24-26H2,1-2H3,(H,39,43). The molecule has 7 nitrogen and oxygen atoms in total. The Bertz CT molecular complexity index is 1760. The lowest BCUT2D eigenvalue weighted by Gasteiger charge is -2.35. The fraction of sp³-hybridized carbons (Fsp3) is 0.297. The summed E-state index contributed by atoms with van der Waals surface area (Å²) in [5.74, 6) is -0.776.